The topological polar surface area (TPSA) is 24.9 Å². The van der Waals surface area contributed by atoms with Crippen LogP contribution in [-0.2, 0) is 0 Å². The van der Waals surface area contributed by atoms with E-state index >= 15 is 0 Å². The van der Waals surface area contributed by atoms with E-state index < -0.39 is 0 Å². The lowest BCUT2D eigenvalue weighted by Crippen LogP contribution is -2.35. The molecule has 1 aromatic heterocycles. The summed E-state index contributed by atoms with van der Waals surface area (Å²) in [5.41, 5.74) is 1.24. The highest BCUT2D eigenvalue weighted by molar-refractivity contribution is 8.03. The minimum Gasteiger partial charge on any atom is -0.304 e. The Morgan fingerprint density at radius 1 is 1.24 bits per heavy atom. The molecule has 96 valence electrons. The molecule has 0 radical (unpaired) electrons. The van der Waals surface area contributed by atoms with Crippen LogP contribution in [0.4, 0.5) is 0 Å². The minimum atomic E-state index is 0.379. The summed E-state index contributed by atoms with van der Waals surface area (Å²) in [6.45, 7) is 6.50. The molecule has 1 saturated heterocycles. The molecule has 2 nitrogen and oxygen atoms in total. The normalized spacial score (nSPS) is 20.2. The molecule has 2 heterocycles. The minimum absolute atomic E-state index is 0.379. The van der Waals surface area contributed by atoms with Gasteiger partial charge in [-0.25, -0.2) is 4.98 Å². The van der Waals surface area contributed by atoms with Crippen molar-refractivity contribution >= 4 is 34.9 Å². The lowest BCUT2D eigenvalue weighted by Gasteiger charge is -2.20. The van der Waals surface area contributed by atoms with Crippen molar-refractivity contribution in [2.24, 2.45) is 0 Å². The average molecular weight is 289 g/mol. The van der Waals surface area contributed by atoms with Crippen LogP contribution < -0.4 is 5.32 Å². The van der Waals surface area contributed by atoms with Gasteiger partial charge in [0.05, 0.1) is 10.7 Å². The number of aryl methyl sites for hydroxylation is 2. The van der Waals surface area contributed by atoms with Crippen LogP contribution in [0.1, 0.15) is 28.5 Å². The molecule has 5 heteroatoms. The maximum Gasteiger partial charge on any atom is 0.0900 e. The van der Waals surface area contributed by atoms with E-state index in [1.165, 1.54) is 38.6 Å². The van der Waals surface area contributed by atoms with E-state index in [1.54, 1.807) is 11.3 Å². The first-order chi connectivity index (χ1) is 8.16. The predicted octanol–water partition coefficient (Wildman–Crippen LogP) is 3.26. The Morgan fingerprint density at radius 2 is 1.88 bits per heavy atom. The second-order valence-corrected chi connectivity index (χ2v) is 8.12. The fourth-order valence-electron chi connectivity index (χ4n) is 2.09. The van der Waals surface area contributed by atoms with E-state index in [-0.39, 0.29) is 0 Å². The largest absolute Gasteiger partial charge is 0.304 e. The van der Waals surface area contributed by atoms with E-state index in [2.05, 4.69) is 54.6 Å². The van der Waals surface area contributed by atoms with Crippen molar-refractivity contribution in [3.05, 3.63) is 15.6 Å². The average Bonchev–Trinajstić information content (AvgIpc) is 2.51. The van der Waals surface area contributed by atoms with E-state index in [0.717, 1.165) is 0 Å². The second-order valence-electron chi connectivity index (χ2n) is 4.41. The quantitative estimate of drug-likeness (QED) is 0.923. The molecule has 0 saturated carbocycles. The molecule has 0 spiro atoms. The number of hydrogen-bond acceptors (Lipinski definition) is 5. The molecule has 1 fully saturated rings. The standard InChI is InChI=1S/C12H20N2S3/c1-8(12-9(2)17-10(3)14-12)13-11-6-15-4-5-16-7-11/h8,11,13H,4-7H2,1-3H3/t8-/m0/s1. The molecule has 0 bridgehead atoms. The molecule has 1 N–H and O–H groups in total. The first-order valence-corrected chi connectivity index (χ1v) is 9.15. The van der Waals surface area contributed by atoms with Crippen LogP contribution in [0, 0.1) is 13.8 Å². The van der Waals surface area contributed by atoms with E-state index in [1.807, 2.05) is 0 Å². The molecule has 0 aromatic carbocycles. The van der Waals surface area contributed by atoms with Gasteiger partial charge in [0, 0.05) is 40.0 Å². The van der Waals surface area contributed by atoms with Crippen LogP contribution in [0.5, 0.6) is 0 Å². The van der Waals surface area contributed by atoms with Crippen molar-refractivity contribution in [2.75, 3.05) is 23.0 Å². The highest BCUT2D eigenvalue weighted by Crippen LogP contribution is 2.24. The number of nitrogens with zero attached hydrogens (tertiary/aromatic N) is 1. The highest BCUT2D eigenvalue weighted by atomic mass is 32.2. The maximum atomic E-state index is 4.64. The summed E-state index contributed by atoms with van der Waals surface area (Å²) in [4.78, 5) is 6.00. The Balaban J connectivity index is 1.95. The summed E-state index contributed by atoms with van der Waals surface area (Å²) in [5.74, 6) is 5.07. The van der Waals surface area contributed by atoms with Crippen LogP contribution >= 0.6 is 34.9 Å². The summed E-state index contributed by atoms with van der Waals surface area (Å²) < 4.78 is 0. The van der Waals surface area contributed by atoms with Gasteiger partial charge in [0.1, 0.15) is 0 Å². The third-order valence-electron chi connectivity index (χ3n) is 2.85. The van der Waals surface area contributed by atoms with Crippen LogP contribution in [0.2, 0.25) is 0 Å². The number of hydrogen-bond donors (Lipinski definition) is 1. The molecule has 0 aliphatic carbocycles. The summed E-state index contributed by atoms with van der Waals surface area (Å²) in [5, 5.41) is 4.91. The molecule has 1 aliphatic heterocycles. The maximum absolute atomic E-state index is 4.64. The van der Waals surface area contributed by atoms with Crippen LogP contribution in [0.25, 0.3) is 0 Å². The smallest absolute Gasteiger partial charge is 0.0900 e. The fraction of sp³-hybridized carbons (Fsp3) is 0.750. The molecule has 2 rings (SSSR count). The summed E-state index contributed by atoms with van der Waals surface area (Å²) in [6.07, 6.45) is 0. The van der Waals surface area contributed by atoms with Gasteiger partial charge in [0.15, 0.2) is 0 Å². The van der Waals surface area contributed by atoms with Gasteiger partial charge in [0.25, 0.3) is 0 Å². The molecule has 0 unspecified atom stereocenters. The molecule has 1 aromatic rings. The molecule has 0 amide bonds. The first kappa shape index (κ1) is 13.7. The fourth-order valence-corrected chi connectivity index (χ4v) is 5.43. The molecule has 1 aliphatic rings. The van der Waals surface area contributed by atoms with E-state index in [9.17, 15) is 0 Å². The number of rotatable bonds is 3. The predicted molar refractivity (Wildman–Crippen MR) is 81.6 cm³/mol. The summed E-state index contributed by atoms with van der Waals surface area (Å²) in [6, 6.07) is 1.01. The van der Waals surface area contributed by atoms with Gasteiger partial charge in [-0.05, 0) is 20.8 Å². The number of nitrogens with one attached hydrogen (secondary N) is 1. The zero-order valence-electron chi connectivity index (χ0n) is 10.7. The van der Waals surface area contributed by atoms with E-state index in [0.29, 0.717) is 12.1 Å². The third-order valence-corrected chi connectivity index (χ3v) is 6.27. The third kappa shape index (κ3) is 3.88. The van der Waals surface area contributed by atoms with Gasteiger partial charge in [0.2, 0.25) is 0 Å². The zero-order valence-corrected chi connectivity index (χ0v) is 13.1. The first-order valence-electron chi connectivity index (χ1n) is 6.02. The summed E-state index contributed by atoms with van der Waals surface area (Å²) >= 11 is 5.94. The Hall–Kier alpha value is 0.290. The van der Waals surface area contributed by atoms with Gasteiger partial charge in [-0.15, -0.1) is 11.3 Å². The van der Waals surface area contributed by atoms with Crippen molar-refractivity contribution in [1.29, 1.82) is 0 Å². The van der Waals surface area contributed by atoms with Gasteiger partial charge < -0.3 is 5.32 Å². The van der Waals surface area contributed by atoms with Crippen LogP contribution in [0.3, 0.4) is 0 Å². The molecule has 17 heavy (non-hydrogen) atoms. The number of aromatic nitrogens is 1. The molecule has 1 atom stereocenters. The van der Waals surface area contributed by atoms with Gasteiger partial charge in [-0.2, -0.15) is 23.5 Å². The van der Waals surface area contributed by atoms with Crippen molar-refractivity contribution in [3.63, 3.8) is 0 Å². The van der Waals surface area contributed by atoms with Crippen molar-refractivity contribution < 1.29 is 0 Å². The van der Waals surface area contributed by atoms with Crippen molar-refractivity contribution in [1.82, 2.24) is 10.3 Å². The zero-order chi connectivity index (χ0) is 12.3. The molecular weight excluding hydrogens is 268 g/mol. The monoisotopic (exact) mass is 288 g/mol. The number of thioether (sulfide) groups is 2. The Kier molecular flexibility index (Phi) is 5.21. The Bertz CT molecular complexity index is 357. The number of thiazole rings is 1. The van der Waals surface area contributed by atoms with Crippen molar-refractivity contribution in [2.45, 2.75) is 32.9 Å². The van der Waals surface area contributed by atoms with E-state index in [4.69, 9.17) is 0 Å². The highest BCUT2D eigenvalue weighted by Gasteiger charge is 2.18. The van der Waals surface area contributed by atoms with Gasteiger partial charge in [-0.3, -0.25) is 0 Å². The SMILES string of the molecule is Cc1nc([C@H](C)NC2CSCCSC2)c(C)s1. The van der Waals surface area contributed by atoms with Crippen LogP contribution in [0.15, 0.2) is 0 Å². The molecular formula is C12H20N2S3. The van der Waals surface area contributed by atoms with Crippen LogP contribution in [-0.4, -0.2) is 34.0 Å². The Morgan fingerprint density at radius 3 is 2.41 bits per heavy atom. The lowest BCUT2D eigenvalue weighted by atomic mass is 10.2. The van der Waals surface area contributed by atoms with Gasteiger partial charge >= 0.3 is 0 Å². The second kappa shape index (κ2) is 6.45. The van der Waals surface area contributed by atoms with Crippen molar-refractivity contribution in [3.8, 4) is 0 Å². The Labute approximate surface area is 116 Å². The van der Waals surface area contributed by atoms with Gasteiger partial charge in [-0.1, -0.05) is 0 Å². The summed E-state index contributed by atoms with van der Waals surface area (Å²) in [7, 11) is 0. The lowest BCUT2D eigenvalue weighted by molar-refractivity contribution is 0.507.